The largest absolute Gasteiger partial charge is 0.352 e. The molecule has 0 radical (unpaired) electrons. The van der Waals surface area contributed by atoms with E-state index in [0.717, 1.165) is 25.8 Å². The van der Waals surface area contributed by atoms with Crippen molar-refractivity contribution in [3.8, 4) is 0 Å². The van der Waals surface area contributed by atoms with Crippen LogP contribution < -0.4 is 10.6 Å². The maximum absolute atomic E-state index is 12.1. The predicted molar refractivity (Wildman–Crippen MR) is 77.1 cm³/mol. The van der Waals surface area contributed by atoms with E-state index in [-0.39, 0.29) is 24.4 Å². The molecule has 4 heteroatoms. The van der Waals surface area contributed by atoms with Crippen LogP contribution in [0.3, 0.4) is 0 Å². The Morgan fingerprint density at radius 2 is 1.83 bits per heavy atom. The molecular weight excluding hydrogens is 248 g/mol. The van der Waals surface area contributed by atoms with Crippen LogP contribution in [0, 0.1) is 5.41 Å². The number of amides is 1. The van der Waals surface area contributed by atoms with Gasteiger partial charge in [-0.25, -0.2) is 0 Å². The van der Waals surface area contributed by atoms with Gasteiger partial charge in [0.05, 0.1) is 6.04 Å². The Morgan fingerprint density at radius 1 is 1.17 bits per heavy atom. The zero-order chi connectivity index (χ0) is 12.3. The molecule has 0 aromatic carbocycles. The van der Waals surface area contributed by atoms with Crippen LogP contribution in [0.2, 0.25) is 0 Å². The molecule has 2 aliphatic rings. The van der Waals surface area contributed by atoms with E-state index in [0.29, 0.717) is 11.5 Å². The molecule has 3 nitrogen and oxygen atoms in total. The third kappa shape index (κ3) is 4.43. The second-order valence-corrected chi connectivity index (χ2v) is 6.45. The molecule has 2 fully saturated rings. The Morgan fingerprint density at radius 3 is 2.39 bits per heavy atom. The highest BCUT2D eigenvalue weighted by atomic mass is 35.5. The van der Waals surface area contributed by atoms with E-state index < -0.39 is 0 Å². The molecule has 1 saturated carbocycles. The summed E-state index contributed by atoms with van der Waals surface area (Å²) in [5.74, 6) is 0.231. The minimum Gasteiger partial charge on any atom is -0.352 e. The van der Waals surface area contributed by atoms with Crippen LogP contribution in [-0.4, -0.2) is 24.5 Å². The first-order valence-electron chi connectivity index (χ1n) is 7.11. The van der Waals surface area contributed by atoms with Crippen LogP contribution in [0.25, 0.3) is 0 Å². The minimum absolute atomic E-state index is 0. The first-order valence-corrected chi connectivity index (χ1v) is 7.11. The summed E-state index contributed by atoms with van der Waals surface area (Å²) in [6, 6.07) is 0.484. The molecule has 0 aromatic rings. The van der Waals surface area contributed by atoms with E-state index >= 15 is 0 Å². The lowest BCUT2D eigenvalue weighted by atomic mass is 9.75. The quantitative estimate of drug-likeness (QED) is 0.813. The summed E-state index contributed by atoms with van der Waals surface area (Å²) in [5, 5.41) is 6.54. The first-order chi connectivity index (χ1) is 8.07. The molecule has 0 aromatic heterocycles. The molecule has 1 heterocycles. The summed E-state index contributed by atoms with van der Waals surface area (Å²) in [7, 11) is 0. The number of halogens is 1. The third-order valence-electron chi connectivity index (χ3n) is 4.31. The van der Waals surface area contributed by atoms with Gasteiger partial charge in [0.25, 0.3) is 0 Å². The Hall–Kier alpha value is -0.280. The second kappa shape index (κ2) is 6.76. The minimum atomic E-state index is 0. The molecule has 0 unspecified atom stereocenters. The normalized spacial score (nSPS) is 28.2. The van der Waals surface area contributed by atoms with Gasteiger partial charge in [-0.2, -0.15) is 0 Å². The molecule has 1 aliphatic carbocycles. The highest BCUT2D eigenvalue weighted by molar-refractivity contribution is 5.85. The van der Waals surface area contributed by atoms with Crippen LogP contribution in [0.1, 0.15) is 58.8 Å². The van der Waals surface area contributed by atoms with E-state index in [2.05, 4.69) is 24.5 Å². The lowest BCUT2D eigenvalue weighted by Gasteiger charge is -2.35. The Balaban J connectivity index is 0.00000162. The smallest absolute Gasteiger partial charge is 0.237 e. The lowest BCUT2D eigenvalue weighted by molar-refractivity contribution is -0.124. The van der Waals surface area contributed by atoms with Gasteiger partial charge in [0.2, 0.25) is 5.91 Å². The van der Waals surface area contributed by atoms with E-state index in [1.165, 1.54) is 25.7 Å². The number of nitrogens with one attached hydrogen (secondary N) is 2. The standard InChI is InChI=1S/C14H26N2O.ClH/c1-14(2)8-6-11(7-9-14)16-13(17)12-5-3-4-10-15-12;/h11-12,15H,3-10H2,1-2H3,(H,16,17);1H/t12-;/m1./s1. The highest BCUT2D eigenvalue weighted by Gasteiger charge is 2.29. The van der Waals surface area contributed by atoms with Gasteiger partial charge in [-0.1, -0.05) is 20.3 Å². The molecule has 106 valence electrons. The molecule has 18 heavy (non-hydrogen) atoms. The maximum Gasteiger partial charge on any atom is 0.237 e. The molecule has 2 N–H and O–H groups in total. The number of carbonyl (C=O) groups excluding carboxylic acids is 1. The van der Waals surface area contributed by atoms with Gasteiger partial charge in [0, 0.05) is 6.04 Å². The van der Waals surface area contributed by atoms with Crippen molar-refractivity contribution < 1.29 is 4.79 Å². The number of carbonyl (C=O) groups is 1. The molecule has 1 atom stereocenters. The number of rotatable bonds is 2. The Kier molecular flexibility index (Phi) is 5.93. The van der Waals surface area contributed by atoms with Crippen molar-refractivity contribution in [3.63, 3.8) is 0 Å². The van der Waals surface area contributed by atoms with E-state index in [9.17, 15) is 4.79 Å². The van der Waals surface area contributed by atoms with Crippen LogP contribution >= 0.6 is 12.4 Å². The van der Waals surface area contributed by atoms with Gasteiger partial charge in [-0.15, -0.1) is 12.4 Å². The predicted octanol–water partition coefficient (Wildman–Crippen LogP) is 2.64. The molecule has 0 spiro atoms. The van der Waals surface area contributed by atoms with Gasteiger partial charge in [-0.3, -0.25) is 4.79 Å². The van der Waals surface area contributed by atoms with Crippen molar-refractivity contribution >= 4 is 18.3 Å². The monoisotopic (exact) mass is 274 g/mol. The number of piperidine rings is 1. The Labute approximate surface area is 117 Å². The average molecular weight is 275 g/mol. The zero-order valence-electron chi connectivity index (χ0n) is 11.6. The van der Waals surface area contributed by atoms with Gasteiger partial charge in [-0.05, 0) is 50.5 Å². The lowest BCUT2D eigenvalue weighted by Crippen LogP contribution is -2.50. The van der Waals surface area contributed by atoms with Gasteiger partial charge < -0.3 is 10.6 Å². The van der Waals surface area contributed by atoms with Crippen LogP contribution in [0.15, 0.2) is 0 Å². The van der Waals surface area contributed by atoms with E-state index in [4.69, 9.17) is 0 Å². The fraction of sp³-hybridized carbons (Fsp3) is 0.929. The molecule has 1 aliphatic heterocycles. The molecule has 1 saturated heterocycles. The third-order valence-corrected chi connectivity index (χ3v) is 4.31. The fourth-order valence-corrected chi connectivity index (χ4v) is 2.92. The average Bonchev–Trinajstić information content (AvgIpc) is 2.33. The van der Waals surface area contributed by atoms with Crippen molar-refractivity contribution in [1.82, 2.24) is 10.6 Å². The van der Waals surface area contributed by atoms with E-state index in [1.807, 2.05) is 0 Å². The maximum atomic E-state index is 12.1. The summed E-state index contributed by atoms with van der Waals surface area (Å²) in [4.78, 5) is 12.1. The number of hydrogen-bond acceptors (Lipinski definition) is 2. The second-order valence-electron chi connectivity index (χ2n) is 6.45. The zero-order valence-corrected chi connectivity index (χ0v) is 12.4. The molecule has 2 rings (SSSR count). The van der Waals surface area contributed by atoms with Crippen molar-refractivity contribution in [2.24, 2.45) is 5.41 Å². The Bertz CT molecular complexity index is 265. The summed E-state index contributed by atoms with van der Waals surface area (Å²) in [6.45, 7) is 5.65. The van der Waals surface area contributed by atoms with Crippen molar-refractivity contribution in [1.29, 1.82) is 0 Å². The van der Waals surface area contributed by atoms with Gasteiger partial charge in [0.1, 0.15) is 0 Å². The van der Waals surface area contributed by atoms with Crippen molar-refractivity contribution in [2.75, 3.05) is 6.54 Å². The van der Waals surface area contributed by atoms with Crippen molar-refractivity contribution in [2.45, 2.75) is 70.9 Å². The molecule has 0 bridgehead atoms. The number of hydrogen-bond donors (Lipinski definition) is 2. The molecular formula is C14H27ClN2O. The van der Waals surface area contributed by atoms with Gasteiger partial charge >= 0.3 is 0 Å². The molecule has 1 amide bonds. The summed E-state index contributed by atoms with van der Waals surface area (Å²) < 4.78 is 0. The fourth-order valence-electron chi connectivity index (χ4n) is 2.92. The van der Waals surface area contributed by atoms with Crippen LogP contribution in [0.4, 0.5) is 0 Å². The SMILES string of the molecule is CC1(C)CCC(NC(=O)[C@H]2CCCCN2)CC1.Cl. The van der Waals surface area contributed by atoms with Crippen LogP contribution in [0.5, 0.6) is 0 Å². The van der Waals surface area contributed by atoms with Gasteiger partial charge in [0.15, 0.2) is 0 Å². The summed E-state index contributed by atoms with van der Waals surface area (Å²) in [5.41, 5.74) is 0.477. The first kappa shape index (κ1) is 15.8. The highest BCUT2D eigenvalue weighted by Crippen LogP contribution is 2.35. The van der Waals surface area contributed by atoms with Crippen molar-refractivity contribution in [3.05, 3.63) is 0 Å². The summed E-state index contributed by atoms with van der Waals surface area (Å²) in [6.07, 6.45) is 8.15. The summed E-state index contributed by atoms with van der Waals surface area (Å²) >= 11 is 0. The van der Waals surface area contributed by atoms with E-state index in [1.54, 1.807) is 0 Å². The van der Waals surface area contributed by atoms with Crippen LogP contribution in [-0.2, 0) is 4.79 Å². The topological polar surface area (TPSA) is 41.1 Å².